The number of aliphatic hydroxyl groups excluding tert-OH is 1. The Morgan fingerprint density at radius 1 is 1.29 bits per heavy atom. The number of β-amino-alcohol motifs (C(OH)–C–C–N with tert-alkyl or cyclic N) is 1. The Hall–Kier alpha value is -2.45. The lowest BCUT2D eigenvalue weighted by Crippen LogP contribution is -2.49. The zero-order valence-electron chi connectivity index (χ0n) is 13.5. The number of hydrogen-bond acceptors (Lipinski definition) is 6. The van der Waals surface area contributed by atoms with Crippen molar-refractivity contribution in [2.45, 2.75) is 6.10 Å². The van der Waals surface area contributed by atoms with Gasteiger partial charge in [-0.3, -0.25) is 14.5 Å². The summed E-state index contributed by atoms with van der Waals surface area (Å²) >= 11 is 0. The summed E-state index contributed by atoms with van der Waals surface area (Å²) in [6, 6.07) is 6.29. The van der Waals surface area contributed by atoms with Crippen LogP contribution in [0, 0.1) is 0 Å². The Morgan fingerprint density at radius 2 is 2.04 bits per heavy atom. The van der Waals surface area contributed by atoms with Gasteiger partial charge in [-0.15, -0.1) is 0 Å². The van der Waals surface area contributed by atoms with Crippen LogP contribution in [0.2, 0.25) is 0 Å². The van der Waals surface area contributed by atoms with Crippen LogP contribution in [0.15, 0.2) is 39.7 Å². The van der Waals surface area contributed by atoms with Gasteiger partial charge >= 0.3 is 0 Å². The molecule has 0 aliphatic carbocycles. The number of furan rings is 1. The molecule has 1 N–H and O–H groups in total. The van der Waals surface area contributed by atoms with Gasteiger partial charge in [0.1, 0.15) is 17.6 Å². The van der Waals surface area contributed by atoms with Crippen LogP contribution in [0.3, 0.4) is 0 Å². The van der Waals surface area contributed by atoms with E-state index in [9.17, 15) is 14.7 Å². The Balaban J connectivity index is 1.55. The number of aryl methyl sites for hydroxylation is 1. The van der Waals surface area contributed by atoms with Crippen LogP contribution in [0.5, 0.6) is 0 Å². The van der Waals surface area contributed by atoms with Gasteiger partial charge in [-0.25, -0.2) is 4.68 Å². The first-order valence-corrected chi connectivity index (χ1v) is 7.82. The van der Waals surface area contributed by atoms with Crippen molar-refractivity contribution in [2.75, 3.05) is 32.7 Å². The number of rotatable bonds is 4. The van der Waals surface area contributed by atoms with Crippen molar-refractivity contribution in [1.82, 2.24) is 19.6 Å². The summed E-state index contributed by atoms with van der Waals surface area (Å²) in [4.78, 5) is 27.6. The van der Waals surface area contributed by atoms with E-state index in [4.69, 9.17) is 4.42 Å². The number of carbonyl (C=O) groups excluding carboxylic acids is 1. The van der Waals surface area contributed by atoms with Crippen molar-refractivity contribution in [1.29, 1.82) is 0 Å². The van der Waals surface area contributed by atoms with Gasteiger partial charge in [0.2, 0.25) is 0 Å². The molecule has 1 atom stereocenters. The minimum absolute atomic E-state index is 0.183. The number of hydrogen-bond donors (Lipinski definition) is 1. The first kappa shape index (κ1) is 16.4. The molecule has 1 aliphatic rings. The maximum absolute atomic E-state index is 12.4. The number of aromatic nitrogens is 2. The smallest absolute Gasteiger partial charge is 0.274 e. The molecule has 0 spiro atoms. The van der Waals surface area contributed by atoms with Crippen molar-refractivity contribution >= 4 is 5.91 Å². The molecule has 24 heavy (non-hydrogen) atoms. The molecule has 1 fully saturated rings. The van der Waals surface area contributed by atoms with Crippen LogP contribution in [0.4, 0.5) is 0 Å². The average molecular weight is 332 g/mol. The molecule has 8 nitrogen and oxygen atoms in total. The molecule has 1 unspecified atom stereocenters. The third-order valence-electron chi connectivity index (χ3n) is 4.14. The zero-order valence-corrected chi connectivity index (χ0v) is 13.5. The molecular weight excluding hydrogens is 312 g/mol. The minimum atomic E-state index is -0.674. The largest absolute Gasteiger partial charge is 0.467 e. The predicted octanol–water partition coefficient (Wildman–Crippen LogP) is -0.135. The SMILES string of the molecule is Cn1nc(C(=O)N2CCN(CC(O)c3ccco3)CC2)ccc1=O. The molecule has 3 rings (SSSR count). The molecule has 0 bridgehead atoms. The number of carbonyl (C=O) groups is 1. The number of piperazine rings is 1. The molecule has 0 saturated carbocycles. The Morgan fingerprint density at radius 3 is 2.67 bits per heavy atom. The second kappa shape index (κ2) is 6.98. The van der Waals surface area contributed by atoms with Crippen molar-refractivity contribution in [2.24, 2.45) is 7.05 Å². The summed E-state index contributed by atoms with van der Waals surface area (Å²) in [5.74, 6) is 0.361. The van der Waals surface area contributed by atoms with Gasteiger partial charge in [0.25, 0.3) is 11.5 Å². The Kier molecular flexibility index (Phi) is 4.77. The lowest BCUT2D eigenvalue weighted by molar-refractivity contribution is 0.0480. The molecular formula is C16H20N4O4. The van der Waals surface area contributed by atoms with E-state index < -0.39 is 6.10 Å². The normalized spacial score (nSPS) is 17.0. The van der Waals surface area contributed by atoms with Crippen LogP contribution in [0.1, 0.15) is 22.4 Å². The van der Waals surface area contributed by atoms with E-state index in [1.54, 1.807) is 17.0 Å². The fraction of sp³-hybridized carbons (Fsp3) is 0.438. The Bertz CT molecular complexity index is 748. The fourth-order valence-electron chi connectivity index (χ4n) is 2.73. The highest BCUT2D eigenvalue weighted by molar-refractivity contribution is 5.92. The highest BCUT2D eigenvalue weighted by Gasteiger charge is 2.25. The van der Waals surface area contributed by atoms with Gasteiger partial charge in [-0.1, -0.05) is 0 Å². The van der Waals surface area contributed by atoms with Crippen LogP contribution in [-0.4, -0.2) is 63.3 Å². The summed E-state index contributed by atoms with van der Waals surface area (Å²) in [5.41, 5.74) is 0.0180. The molecule has 2 aromatic rings. The molecule has 1 amide bonds. The van der Waals surface area contributed by atoms with Gasteiger partial charge in [0.15, 0.2) is 0 Å². The van der Waals surface area contributed by atoms with Crippen molar-refractivity contribution in [3.8, 4) is 0 Å². The summed E-state index contributed by atoms with van der Waals surface area (Å²) in [5, 5.41) is 14.1. The number of amides is 1. The number of nitrogens with zero attached hydrogens (tertiary/aromatic N) is 4. The lowest BCUT2D eigenvalue weighted by atomic mass is 10.2. The first-order chi connectivity index (χ1) is 11.5. The van der Waals surface area contributed by atoms with Gasteiger partial charge < -0.3 is 14.4 Å². The van der Waals surface area contributed by atoms with Crippen LogP contribution < -0.4 is 5.56 Å². The summed E-state index contributed by atoms with van der Waals surface area (Å²) in [7, 11) is 1.52. The first-order valence-electron chi connectivity index (χ1n) is 7.82. The Labute approximate surface area is 138 Å². The highest BCUT2D eigenvalue weighted by atomic mass is 16.4. The topological polar surface area (TPSA) is 91.8 Å². The fourth-order valence-corrected chi connectivity index (χ4v) is 2.73. The molecule has 3 heterocycles. The van der Waals surface area contributed by atoms with E-state index in [-0.39, 0.29) is 17.2 Å². The quantitative estimate of drug-likeness (QED) is 0.838. The third kappa shape index (κ3) is 3.55. The third-order valence-corrected chi connectivity index (χ3v) is 4.14. The van der Waals surface area contributed by atoms with Gasteiger partial charge in [-0.2, -0.15) is 5.10 Å². The van der Waals surface area contributed by atoms with E-state index >= 15 is 0 Å². The summed E-state index contributed by atoms with van der Waals surface area (Å²) < 4.78 is 6.35. The lowest BCUT2D eigenvalue weighted by Gasteiger charge is -2.35. The van der Waals surface area contributed by atoms with Gasteiger partial charge in [-0.05, 0) is 18.2 Å². The highest BCUT2D eigenvalue weighted by Crippen LogP contribution is 2.16. The van der Waals surface area contributed by atoms with Crippen molar-refractivity contribution < 1.29 is 14.3 Å². The molecule has 1 saturated heterocycles. The molecule has 1 aliphatic heterocycles. The molecule has 2 aromatic heterocycles. The molecule has 0 aromatic carbocycles. The second-order valence-electron chi connectivity index (χ2n) is 5.80. The summed E-state index contributed by atoms with van der Waals surface area (Å²) in [6.45, 7) is 2.89. The minimum Gasteiger partial charge on any atom is -0.467 e. The maximum Gasteiger partial charge on any atom is 0.274 e. The summed E-state index contributed by atoms with van der Waals surface area (Å²) in [6.07, 6.45) is 0.863. The van der Waals surface area contributed by atoms with Crippen LogP contribution in [-0.2, 0) is 7.05 Å². The maximum atomic E-state index is 12.4. The molecule has 128 valence electrons. The molecule has 8 heteroatoms. The van der Waals surface area contributed by atoms with E-state index in [0.717, 1.165) is 4.68 Å². The standard InChI is InChI=1S/C16H20N4O4/c1-18-15(22)5-4-12(17-18)16(23)20-8-6-19(7-9-20)11-13(21)14-3-2-10-24-14/h2-5,10,13,21H,6-9,11H2,1H3. The van der Waals surface area contributed by atoms with Gasteiger partial charge in [0.05, 0.1) is 6.26 Å². The second-order valence-corrected chi connectivity index (χ2v) is 5.80. The van der Waals surface area contributed by atoms with Gasteiger partial charge in [0, 0.05) is 45.8 Å². The average Bonchev–Trinajstić information content (AvgIpc) is 3.12. The van der Waals surface area contributed by atoms with E-state index in [0.29, 0.717) is 38.5 Å². The molecule has 0 radical (unpaired) electrons. The van der Waals surface area contributed by atoms with Crippen LogP contribution in [0.25, 0.3) is 0 Å². The van der Waals surface area contributed by atoms with Crippen molar-refractivity contribution in [3.63, 3.8) is 0 Å². The number of aliphatic hydroxyl groups is 1. The van der Waals surface area contributed by atoms with E-state index in [2.05, 4.69) is 10.00 Å². The predicted molar refractivity (Wildman–Crippen MR) is 85.5 cm³/mol. The zero-order chi connectivity index (χ0) is 17.1. The van der Waals surface area contributed by atoms with E-state index in [1.165, 1.54) is 25.4 Å². The van der Waals surface area contributed by atoms with E-state index in [1.807, 2.05) is 0 Å². The monoisotopic (exact) mass is 332 g/mol. The van der Waals surface area contributed by atoms with Crippen molar-refractivity contribution in [3.05, 3.63) is 52.3 Å². The van der Waals surface area contributed by atoms with Crippen LogP contribution >= 0.6 is 0 Å².